The van der Waals surface area contributed by atoms with E-state index in [0.29, 0.717) is 11.6 Å². The van der Waals surface area contributed by atoms with Crippen LogP contribution in [0.25, 0.3) is 10.9 Å². The lowest BCUT2D eigenvalue weighted by Crippen LogP contribution is -2.50. The minimum Gasteiger partial charge on any atom is -0.440 e. The molecule has 1 N–H and O–H groups in total. The molecule has 2 atom stereocenters. The molecule has 2 bridgehead atoms. The van der Waals surface area contributed by atoms with Crippen LogP contribution in [-0.4, -0.2) is 34.7 Å². The highest BCUT2D eigenvalue weighted by molar-refractivity contribution is 6.04. The van der Waals surface area contributed by atoms with Crippen molar-refractivity contribution in [2.45, 2.75) is 43.9 Å². The van der Waals surface area contributed by atoms with Gasteiger partial charge in [-0.3, -0.25) is 4.90 Å². The molecule has 4 nitrogen and oxygen atoms in total. The number of rotatable bonds is 2. The van der Waals surface area contributed by atoms with Gasteiger partial charge in [-0.15, -0.1) is 12.4 Å². The van der Waals surface area contributed by atoms with Gasteiger partial charge >= 0.3 is 5.97 Å². The zero-order chi connectivity index (χ0) is 14.4. The summed E-state index contributed by atoms with van der Waals surface area (Å²) in [6.45, 7) is 0. The first kappa shape index (κ1) is 15.4. The quantitative estimate of drug-likeness (QED) is 0.858. The predicted octanol–water partition coefficient (Wildman–Crippen LogP) is 3.72. The number of halogens is 1. The number of esters is 1. The molecule has 1 aromatic carbocycles. The van der Waals surface area contributed by atoms with Crippen LogP contribution in [-0.2, 0) is 4.74 Å². The number of carbonyl (C=O) groups is 1. The second-order valence-electron chi connectivity index (χ2n) is 6.28. The van der Waals surface area contributed by atoms with Crippen LogP contribution in [0, 0.1) is 0 Å². The van der Waals surface area contributed by atoms with Crippen molar-refractivity contribution < 1.29 is 9.53 Å². The van der Waals surface area contributed by atoms with Crippen molar-refractivity contribution >= 4 is 29.3 Å². The number of H-pyrrole nitrogens is 1. The van der Waals surface area contributed by atoms with Gasteiger partial charge in [0.2, 0.25) is 0 Å². The number of nitrogens with zero attached hydrogens (tertiary/aromatic N) is 1. The fourth-order valence-electron chi connectivity index (χ4n) is 3.99. The predicted molar refractivity (Wildman–Crippen MR) is 88.3 cm³/mol. The van der Waals surface area contributed by atoms with Crippen molar-refractivity contribution in [3.63, 3.8) is 0 Å². The Morgan fingerprint density at radius 2 is 2.14 bits per heavy atom. The highest BCUT2D eigenvalue weighted by Gasteiger charge is 2.49. The first-order valence-corrected chi connectivity index (χ1v) is 7.72. The Kier molecular flexibility index (Phi) is 3.91. The average molecular weight is 321 g/mol. The molecule has 0 amide bonds. The molecular weight excluding hydrogens is 300 g/mol. The topological polar surface area (TPSA) is 45.3 Å². The average Bonchev–Trinajstić information content (AvgIpc) is 2.96. The van der Waals surface area contributed by atoms with E-state index in [1.807, 2.05) is 24.3 Å². The molecule has 2 aromatic rings. The van der Waals surface area contributed by atoms with Gasteiger partial charge in [-0.1, -0.05) is 18.2 Å². The maximum atomic E-state index is 12.6. The second-order valence-corrected chi connectivity index (χ2v) is 6.28. The van der Waals surface area contributed by atoms with Gasteiger partial charge < -0.3 is 9.72 Å². The van der Waals surface area contributed by atoms with E-state index in [0.717, 1.165) is 36.6 Å². The van der Waals surface area contributed by atoms with E-state index < -0.39 is 0 Å². The van der Waals surface area contributed by atoms with Crippen LogP contribution in [0.15, 0.2) is 30.5 Å². The van der Waals surface area contributed by atoms with Crippen molar-refractivity contribution in [2.24, 2.45) is 0 Å². The number of aromatic nitrogens is 1. The molecule has 0 saturated carbocycles. The molecule has 3 heterocycles. The standard InChI is InChI=1S/C17H20N2O2.ClH/c1-19-12-5-4-9-17(19,10-8-12)21-16(20)14-11-18-15-7-3-2-6-13(14)15;/h2-3,6-7,11-12,18H,4-5,8-10H2,1H3;1H/t12-,17-;/m1./s1. The number of hydrogen-bond acceptors (Lipinski definition) is 3. The molecule has 0 unspecified atom stereocenters. The number of carbonyl (C=O) groups excluding carboxylic acids is 1. The van der Waals surface area contributed by atoms with Crippen LogP contribution >= 0.6 is 12.4 Å². The summed E-state index contributed by atoms with van der Waals surface area (Å²) in [6, 6.07) is 8.42. The lowest BCUT2D eigenvalue weighted by Gasteiger charge is -2.41. The summed E-state index contributed by atoms with van der Waals surface area (Å²) >= 11 is 0. The largest absolute Gasteiger partial charge is 0.440 e. The van der Waals surface area contributed by atoms with Crippen LogP contribution in [0.5, 0.6) is 0 Å². The minimum absolute atomic E-state index is 0. The number of ether oxygens (including phenoxy) is 1. The summed E-state index contributed by atoms with van der Waals surface area (Å²) < 4.78 is 6.00. The van der Waals surface area contributed by atoms with Crippen molar-refractivity contribution in [3.8, 4) is 0 Å². The lowest BCUT2D eigenvalue weighted by atomic mass is 10.0. The molecule has 0 aliphatic carbocycles. The Labute approximate surface area is 136 Å². The zero-order valence-electron chi connectivity index (χ0n) is 12.7. The van der Waals surface area contributed by atoms with E-state index in [4.69, 9.17) is 4.74 Å². The Bertz CT molecular complexity index is 695. The monoisotopic (exact) mass is 320 g/mol. The number of benzene rings is 1. The highest BCUT2D eigenvalue weighted by atomic mass is 35.5. The van der Waals surface area contributed by atoms with E-state index in [1.54, 1.807) is 6.20 Å². The lowest BCUT2D eigenvalue weighted by molar-refractivity contribution is -0.116. The van der Waals surface area contributed by atoms with Gasteiger partial charge in [-0.2, -0.15) is 0 Å². The second kappa shape index (κ2) is 5.60. The normalized spacial score (nSPS) is 27.6. The number of piperidine rings is 1. The van der Waals surface area contributed by atoms with Gasteiger partial charge in [-0.25, -0.2) is 4.79 Å². The molecular formula is C17H21ClN2O2. The van der Waals surface area contributed by atoms with Crippen LogP contribution in [0.1, 0.15) is 42.5 Å². The number of aromatic amines is 1. The first-order valence-electron chi connectivity index (χ1n) is 7.72. The molecule has 22 heavy (non-hydrogen) atoms. The number of nitrogens with one attached hydrogen (secondary N) is 1. The van der Waals surface area contributed by atoms with E-state index in [-0.39, 0.29) is 24.1 Å². The summed E-state index contributed by atoms with van der Waals surface area (Å²) in [5, 5.41) is 0.937. The van der Waals surface area contributed by atoms with Gasteiger partial charge in [0.25, 0.3) is 0 Å². The molecule has 0 spiro atoms. The summed E-state index contributed by atoms with van der Waals surface area (Å²) in [4.78, 5) is 18.1. The van der Waals surface area contributed by atoms with Gasteiger partial charge in [-0.05, 0) is 32.4 Å². The number of fused-ring (bicyclic) bond motifs is 3. The summed E-state index contributed by atoms with van der Waals surface area (Å²) in [6.07, 6.45) is 7.19. The number of para-hydroxylation sites is 1. The van der Waals surface area contributed by atoms with Gasteiger partial charge in [0, 0.05) is 36.0 Å². The van der Waals surface area contributed by atoms with E-state index in [9.17, 15) is 4.79 Å². The molecule has 5 heteroatoms. The Balaban J connectivity index is 0.00000144. The molecule has 2 aliphatic rings. The smallest absolute Gasteiger partial charge is 0.342 e. The van der Waals surface area contributed by atoms with Crippen LogP contribution < -0.4 is 0 Å². The maximum absolute atomic E-state index is 12.6. The van der Waals surface area contributed by atoms with Crippen LogP contribution in [0.4, 0.5) is 0 Å². The maximum Gasteiger partial charge on any atom is 0.342 e. The summed E-state index contributed by atoms with van der Waals surface area (Å²) in [5.41, 5.74) is 1.24. The van der Waals surface area contributed by atoms with Crippen molar-refractivity contribution in [1.82, 2.24) is 9.88 Å². The Morgan fingerprint density at radius 1 is 1.32 bits per heavy atom. The molecule has 1 aromatic heterocycles. The fraction of sp³-hybridized carbons (Fsp3) is 0.471. The minimum atomic E-state index is -0.377. The molecule has 2 fully saturated rings. The number of hydrogen-bond donors (Lipinski definition) is 1. The fourth-order valence-corrected chi connectivity index (χ4v) is 3.99. The molecule has 118 valence electrons. The summed E-state index contributed by atoms with van der Waals surface area (Å²) in [5.74, 6) is -0.207. The third-order valence-corrected chi connectivity index (χ3v) is 5.26. The first-order chi connectivity index (χ1) is 10.2. The van der Waals surface area contributed by atoms with Gasteiger partial charge in [0.15, 0.2) is 5.72 Å². The van der Waals surface area contributed by atoms with Crippen molar-refractivity contribution in [2.75, 3.05) is 7.05 Å². The van der Waals surface area contributed by atoms with Crippen molar-refractivity contribution in [3.05, 3.63) is 36.0 Å². The van der Waals surface area contributed by atoms with E-state index in [1.165, 1.54) is 6.42 Å². The Hall–Kier alpha value is -1.52. The van der Waals surface area contributed by atoms with Crippen molar-refractivity contribution in [1.29, 1.82) is 0 Å². The van der Waals surface area contributed by atoms with E-state index in [2.05, 4.69) is 16.9 Å². The van der Waals surface area contributed by atoms with Crippen LogP contribution in [0.3, 0.4) is 0 Å². The SMILES string of the molecule is CN1[C@@H]2CCC[C@@]1(OC(=O)c1c[nH]c3ccccc13)CC2.Cl. The summed E-state index contributed by atoms with van der Waals surface area (Å²) in [7, 11) is 2.10. The zero-order valence-corrected chi connectivity index (χ0v) is 13.5. The third kappa shape index (κ3) is 2.22. The highest BCUT2D eigenvalue weighted by Crippen LogP contribution is 2.44. The molecule has 4 rings (SSSR count). The third-order valence-electron chi connectivity index (χ3n) is 5.26. The van der Waals surface area contributed by atoms with Crippen LogP contribution in [0.2, 0.25) is 0 Å². The Morgan fingerprint density at radius 3 is 3.00 bits per heavy atom. The van der Waals surface area contributed by atoms with E-state index >= 15 is 0 Å². The molecule has 2 aliphatic heterocycles. The van der Waals surface area contributed by atoms with Gasteiger partial charge in [0.1, 0.15) is 0 Å². The van der Waals surface area contributed by atoms with Gasteiger partial charge in [0.05, 0.1) is 5.56 Å². The molecule has 2 saturated heterocycles. The molecule has 0 radical (unpaired) electrons.